The van der Waals surface area contributed by atoms with Crippen LogP contribution in [0.3, 0.4) is 0 Å². The fraction of sp³-hybridized carbons (Fsp3) is 0.500. The fourth-order valence-corrected chi connectivity index (χ4v) is 3.80. The van der Waals surface area contributed by atoms with Crippen molar-refractivity contribution >= 4 is 5.69 Å². The minimum absolute atomic E-state index is 0.114. The molecule has 2 heterocycles. The maximum absolute atomic E-state index is 13.3. The van der Waals surface area contributed by atoms with E-state index in [0.717, 1.165) is 63.2 Å². The van der Waals surface area contributed by atoms with Crippen LogP contribution in [-0.4, -0.2) is 54.2 Å². The van der Waals surface area contributed by atoms with E-state index in [4.69, 9.17) is 9.57 Å². The van der Waals surface area contributed by atoms with Gasteiger partial charge in [0, 0.05) is 26.2 Å². The second-order valence-corrected chi connectivity index (χ2v) is 7.03. The van der Waals surface area contributed by atoms with Crippen molar-refractivity contribution in [3.05, 3.63) is 46.9 Å². The first-order chi connectivity index (χ1) is 13.3. The molecule has 2 aliphatic rings. The standard InChI is InChI=1S/C20H26N4O3/c1-26-23-13-11-22(12-14-23)18-15-21-24(16-7-3-2-4-8-16)20(25)19(18)27-17-9-5-6-10-17/h2-4,7-8,15,17H,5-6,9-14H2,1H3. The van der Waals surface area contributed by atoms with Crippen LogP contribution >= 0.6 is 0 Å². The first-order valence-corrected chi connectivity index (χ1v) is 9.64. The highest BCUT2D eigenvalue weighted by atomic mass is 16.7. The van der Waals surface area contributed by atoms with E-state index in [1.807, 2.05) is 35.4 Å². The van der Waals surface area contributed by atoms with Crippen molar-refractivity contribution in [2.24, 2.45) is 0 Å². The summed E-state index contributed by atoms with van der Waals surface area (Å²) >= 11 is 0. The van der Waals surface area contributed by atoms with Crippen LogP contribution in [0.15, 0.2) is 41.3 Å². The Morgan fingerprint density at radius 2 is 1.74 bits per heavy atom. The Hall–Kier alpha value is -2.38. The summed E-state index contributed by atoms with van der Waals surface area (Å²) in [5, 5.41) is 6.36. The zero-order valence-corrected chi connectivity index (χ0v) is 15.7. The van der Waals surface area contributed by atoms with Crippen LogP contribution in [0.2, 0.25) is 0 Å². The van der Waals surface area contributed by atoms with Crippen LogP contribution in [0.5, 0.6) is 5.75 Å². The van der Waals surface area contributed by atoms with Gasteiger partial charge in [0.1, 0.15) is 5.69 Å². The van der Waals surface area contributed by atoms with Crippen molar-refractivity contribution in [3.63, 3.8) is 0 Å². The van der Waals surface area contributed by atoms with E-state index in [9.17, 15) is 4.79 Å². The van der Waals surface area contributed by atoms with E-state index < -0.39 is 0 Å². The molecule has 2 fully saturated rings. The molecule has 0 amide bonds. The highest BCUT2D eigenvalue weighted by Crippen LogP contribution is 2.30. The van der Waals surface area contributed by atoms with Gasteiger partial charge in [0.05, 0.1) is 25.1 Å². The highest BCUT2D eigenvalue weighted by molar-refractivity contribution is 5.57. The molecule has 2 aromatic rings. The number of piperazine rings is 1. The SMILES string of the molecule is CON1CCN(c2cnn(-c3ccccc3)c(=O)c2OC2CCCC2)CC1. The predicted octanol–water partition coefficient (Wildman–Crippen LogP) is 2.24. The third-order valence-electron chi connectivity index (χ3n) is 5.34. The van der Waals surface area contributed by atoms with Crippen molar-refractivity contribution < 1.29 is 9.57 Å². The fourth-order valence-electron chi connectivity index (χ4n) is 3.80. The highest BCUT2D eigenvalue weighted by Gasteiger charge is 2.26. The number of benzene rings is 1. The lowest BCUT2D eigenvalue weighted by Crippen LogP contribution is -2.46. The van der Waals surface area contributed by atoms with E-state index in [0.29, 0.717) is 5.75 Å². The quantitative estimate of drug-likeness (QED) is 0.805. The van der Waals surface area contributed by atoms with Gasteiger partial charge < -0.3 is 14.5 Å². The minimum atomic E-state index is -0.195. The van der Waals surface area contributed by atoms with Gasteiger partial charge in [-0.25, -0.2) is 0 Å². The second-order valence-electron chi connectivity index (χ2n) is 7.03. The van der Waals surface area contributed by atoms with Gasteiger partial charge >= 0.3 is 5.56 Å². The molecule has 1 aromatic carbocycles. The van der Waals surface area contributed by atoms with Crippen LogP contribution < -0.4 is 15.2 Å². The second kappa shape index (κ2) is 8.10. The van der Waals surface area contributed by atoms with Gasteiger partial charge in [-0.2, -0.15) is 14.8 Å². The molecule has 1 saturated heterocycles. The average Bonchev–Trinajstić information content (AvgIpc) is 3.23. The first-order valence-electron chi connectivity index (χ1n) is 9.64. The van der Waals surface area contributed by atoms with Crippen molar-refractivity contribution in [1.29, 1.82) is 0 Å². The normalized spacial score (nSPS) is 18.8. The van der Waals surface area contributed by atoms with Crippen molar-refractivity contribution in [1.82, 2.24) is 14.8 Å². The molecule has 4 rings (SSSR count). The molecule has 1 aliphatic heterocycles. The van der Waals surface area contributed by atoms with Gasteiger partial charge in [-0.1, -0.05) is 18.2 Å². The molecule has 1 aliphatic carbocycles. The summed E-state index contributed by atoms with van der Waals surface area (Å²) in [6, 6.07) is 9.49. The summed E-state index contributed by atoms with van der Waals surface area (Å²) in [5.74, 6) is 0.423. The molecule has 1 saturated carbocycles. The van der Waals surface area contributed by atoms with E-state index in [-0.39, 0.29) is 11.7 Å². The first kappa shape index (κ1) is 18.0. The number of ether oxygens (including phenoxy) is 1. The average molecular weight is 370 g/mol. The lowest BCUT2D eigenvalue weighted by Gasteiger charge is -2.35. The molecule has 144 valence electrons. The summed E-state index contributed by atoms with van der Waals surface area (Å²) in [5.41, 5.74) is 1.34. The molecule has 7 nitrogen and oxygen atoms in total. The van der Waals surface area contributed by atoms with Crippen LogP contribution in [0.25, 0.3) is 5.69 Å². The van der Waals surface area contributed by atoms with Crippen molar-refractivity contribution in [2.75, 3.05) is 38.2 Å². The Labute approximate surface area is 159 Å². The Kier molecular flexibility index (Phi) is 5.40. The number of anilines is 1. The summed E-state index contributed by atoms with van der Waals surface area (Å²) < 4.78 is 7.68. The monoisotopic (exact) mass is 370 g/mol. The summed E-state index contributed by atoms with van der Waals surface area (Å²) in [7, 11) is 1.69. The number of aromatic nitrogens is 2. The maximum Gasteiger partial charge on any atom is 0.316 e. The van der Waals surface area contributed by atoms with E-state index >= 15 is 0 Å². The van der Waals surface area contributed by atoms with Crippen molar-refractivity contribution in [3.8, 4) is 11.4 Å². The van der Waals surface area contributed by atoms with Crippen LogP contribution in [-0.2, 0) is 4.84 Å². The number of rotatable bonds is 5. The van der Waals surface area contributed by atoms with Gasteiger partial charge in [-0.15, -0.1) is 0 Å². The lowest BCUT2D eigenvalue weighted by atomic mass is 10.2. The van der Waals surface area contributed by atoms with Gasteiger partial charge in [-0.05, 0) is 37.8 Å². The van der Waals surface area contributed by atoms with E-state index in [2.05, 4.69) is 10.00 Å². The Balaban J connectivity index is 1.69. The van der Waals surface area contributed by atoms with Crippen LogP contribution in [0.4, 0.5) is 5.69 Å². The number of hydrogen-bond donors (Lipinski definition) is 0. The third kappa shape index (κ3) is 3.84. The number of nitrogens with zero attached hydrogens (tertiary/aromatic N) is 4. The molecule has 27 heavy (non-hydrogen) atoms. The molecule has 0 N–H and O–H groups in total. The summed E-state index contributed by atoms with van der Waals surface area (Å²) in [6.07, 6.45) is 6.20. The summed E-state index contributed by atoms with van der Waals surface area (Å²) in [4.78, 5) is 20.7. The lowest BCUT2D eigenvalue weighted by molar-refractivity contribution is -0.133. The molecule has 0 atom stereocenters. The zero-order valence-electron chi connectivity index (χ0n) is 15.7. The topological polar surface area (TPSA) is 59.8 Å². The summed E-state index contributed by atoms with van der Waals surface area (Å²) in [6.45, 7) is 3.10. The van der Waals surface area contributed by atoms with E-state index in [1.165, 1.54) is 4.68 Å². The van der Waals surface area contributed by atoms with Crippen LogP contribution in [0.1, 0.15) is 25.7 Å². The predicted molar refractivity (Wildman–Crippen MR) is 104 cm³/mol. The molecular formula is C20H26N4O3. The smallest absolute Gasteiger partial charge is 0.316 e. The molecule has 0 bridgehead atoms. The van der Waals surface area contributed by atoms with Gasteiger partial charge in [0.15, 0.2) is 0 Å². The largest absolute Gasteiger partial charge is 0.483 e. The number of para-hydroxylation sites is 1. The van der Waals surface area contributed by atoms with Gasteiger partial charge in [-0.3, -0.25) is 4.79 Å². The van der Waals surface area contributed by atoms with Gasteiger partial charge in [0.25, 0.3) is 0 Å². The molecule has 0 unspecified atom stereocenters. The molecule has 7 heteroatoms. The van der Waals surface area contributed by atoms with Crippen molar-refractivity contribution in [2.45, 2.75) is 31.8 Å². The number of hydroxylamine groups is 2. The van der Waals surface area contributed by atoms with Crippen LogP contribution in [0, 0.1) is 0 Å². The molecule has 1 aromatic heterocycles. The minimum Gasteiger partial charge on any atom is -0.483 e. The Bertz CT molecular complexity index is 810. The Morgan fingerprint density at radius 1 is 1.04 bits per heavy atom. The maximum atomic E-state index is 13.3. The van der Waals surface area contributed by atoms with E-state index in [1.54, 1.807) is 13.3 Å². The molecule has 0 radical (unpaired) electrons. The zero-order chi connectivity index (χ0) is 18.6. The molecule has 0 spiro atoms. The Morgan fingerprint density at radius 3 is 2.41 bits per heavy atom. The third-order valence-corrected chi connectivity index (χ3v) is 5.34. The molecular weight excluding hydrogens is 344 g/mol. The van der Waals surface area contributed by atoms with Gasteiger partial charge in [0.2, 0.25) is 5.75 Å². The number of hydrogen-bond acceptors (Lipinski definition) is 6.